The second-order valence-electron chi connectivity index (χ2n) is 4.48. The summed E-state index contributed by atoms with van der Waals surface area (Å²) in [5, 5.41) is 0. The zero-order chi connectivity index (χ0) is 13.5. The molecule has 4 nitrogen and oxygen atoms in total. The van der Waals surface area contributed by atoms with E-state index in [0.29, 0.717) is 0 Å². The van der Waals surface area contributed by atoms with Crippen LogP contribution in [-0.4, -0.2) is 19.9 Å². The Morgan fingerprint density at radius 3 is 2.80 bits per heavy atom. The average Bonchev–Trinajstić information content (AvgIpc) is 2.89. The van der Waals surface area contributed by atoms with E-state index >= 15 is 0 Å². The first-order chi connectivity index (χ1) is 9.81. The van der Waals surface area contributed by atoms with Crippen LogP contribution in [0.15, 0.2) is 53.3 Å². The molecule has 2 heterocycles. The van der Waals surface area contributed by atoms with Crippen LogP contribution in [0.1, 0.15) is 0 Å². The molecule has 2 aromatic heterocycles. The third-order valence-electron chi connectivity index (χ3n) is 3.20. The number of hydrogen-bond acceptors (Lipinski definition) is 3. The monoisotopic (exact) mass is 324 g/mol. The molecule has 2 aromatic carbocycles. The zero-order valence-corrected chi connectivity index (χ0v) is 11.9. The minimum Gasteiger partial charge on any atom is -0.338 e. The molecule has 4 aromatic rings. The summed E-state index contributed by atoms with van der Waals surface area (Å²) in [6, 6.07) is 11.9. The minimum atomic E-state index is 0.809. The Kier molecular flexibility index (Phi) is 2.53. The first-order valence-corrected chi connectivity index (χ1v) is 6.96. The second kappa shape index (κ2) is 4.38. The van der Waals surface area contributed by atoms with E-state index in [9.17, 15) is 0 Å². The van der Waals surface area contributed by atoms with Gasteiger partial charge in [-0.05, 0) is 30.3 Å². The molecule has 0 radical (unpaired) electrons. The second-order valence-corrected chi connectivity index (χ2v) is 5.39. The van der Waals surface area contributed by atoms with E-state index in [1.807, 2.05) is 36.4 Å². The molecule has 0 amide bonds. The number of nitrogens with one attached hydrogen (secondary N) is 1. The number of halogens is 1. The van der Waals surface area contributed by atoms with Crippen molar-refractivity contribution in [3.63, 3.8) is 0 Å². The van der Waals surface area contributed by atoms with Crippen molar-refractivity contribution < 1.29 is 0 Å². The Bertz CT molecular complexity index is 924. The molecule has 0 unspecified atom stereocenters. The van der Waals surface area contributed by atoms with E-state index in [-0.39, 0.29) is 0 Å². The van der Waals surface area contributed by atoms with Crippen molar-refractivity contribution in [2.75, 3.05) is 0 Å². The number of imidazole rings is 1. The van der Waals surface area contributed by atoms with E-state index < -0.39 is 0 Å². The van der Waals surface area contributed by atoms with Crippen molar-refractivity contribution in [3.05, 3.63) is 53.3 Å². The average molecular weight is 325 g/mol. The van der Waals surface area contributed by atoms with Gasteiger partial charge < -0.3 is 4.98 Å². The third-order valence-corrected chi connectivity index (χ3v) is 3.69. The molecule has 0 bridgehead atoms. The van der Waals surface area contributed by atoms with Gasteiger partial charge in [0, 0.05) is 22.4 Å². The predicted molar refractivity (Wildman–Crippen MR) is 82.3 cm³/mol. The van der Waals surface area contributed by atoms with E-state index in [2.05, 4.69) is 35.9 Å². The van der Waals surface area contributed by atoms with Crippen molar-refractivity contribution in [3.8, 4) is 11.4 Å². The van der Waals surface area contributed by atoms with Gasteiger partial charge in [-0.2, -0.15) is 0 Å². The molecule has 0 aliphatic rings. The molecule has 20 heavy (non-hydrogen) atoms. The largest absolute Gasteiger partial charge is 0.338 e. The zero-order valence-electron chi connectivity index (χ0n) is 10.3. The number of rotatable bonds is 1. The predicted octanol–water partition coefficient (Wildman–Crippen LogP) is 3.94. The molecule has 4 rings (SSSR count). The maximum absolute atomic E-state index is 4.63. The van der Waals surface area contributed by atoms with Gasteiger partial charge in [-0.15, -0.1) is 0 Å². The Morgan fingerprint density at radius 2 is 1.85 bits per heavy atom. The lowest BCUT2D eigenvalue weighted by Gasteiger charge is -2.01. The highest BCUT2D eigenvalue weighted by Gasteiger charge is 2.10. The SMILES string of the molecule is Brc1ccc2nc(-c3cccc4nccnc34)[nH]c2c1. The maximum atomic E-state index is 4.63. The van der Waals surface area contributed by atoms with Crippen molar-refractivity contribution in [1.29, 1.82) is 0 Å². The molecule has 0 spiro atoms. The number of aromatic nitrogens is 4. The van der Waals surface area contributed by atoms with Gasteiger partial charge in [0.25, 0.3) is 0 Å². The molecule has 1 N–H and O–H groups in total. The summed E-state index contributed by atoms with van der Waals surface area (Å²) in [5.74, 6) is 0.809. The minimum absolute atomic E-state index is 0.809. The molecule has 0 atom stereocenters. The van der Waals surface area contributed by atoms with Gasteiger partial charge >= 0.3 is 0 Å². The quantitative estimate of drug-likeness (QED) is 0.577. The highest BCUT2D eigenvalue weighted by Crippen LogP contribution is 2.26. The van der Waals surface area contributed by atoms with Crippen LogP contribution >= 0.6 is 15.9 Å². The molecule has 5 heteroatoms. The lowest BCUT2D eigenvalue weighted by atomic mass is 10.1. The molecular formula is C15H9BrN4. The highest BCUT2D eigenvalue weighted by molar-refractivity contribution is 9.10. The van der Waals surface area contributed by atoms with Crippen molar-refractivity contribution in [2.24, 2.45) is 0 Å². The summed E-state index contributed by atoms with van der Waals surface area (Å²) in [6.07, 6.45) is 3.40. The number of fused-ring (bicyclic) bond motifs is 2. The molecular weight excluding hydrogens is 316 g/mol. The van der Waals surface area contributed by atoms with Crippen molar-refractivity contribution >= 4 is 38.0 Å². The number of hydrogen-bond donors (Lipinski definition) is 1. The number of aromatic amines is 1. The number of para-hydroxylation sites is 1. The Hall–Kier alpha value is -2.27. The Labute approximate surface area is 123 Å². The summed E-state index contributed by atoms with van der Waals surface area (Å²) >= 11 is 3.47. The van der Waals surface area contributed by atoms with Crippen LogP contribution in [-0.2, 0) is 0 Å². The van der Waals surface area contributed by atoms with Gasteiger partial charge in [0.2, 0.25) is 0 Å². The standard InChI is InChI=1S/C15H9BrN4/c16-9-4-5-11-13(8-9)20-15(19-11)10-2-1-3-12-14(10)18-7-6-17-12/h1-8H,(H,19,20). The van der Waals surface area contributed by atoms with Gasteiger partial charge in [0.05, 0.1) is 22.1 Å². The third kappa shape index (κ3) is 1.78. The summed E-state index contributed by atoms with van der Waals surface area (Å²) in [4.78, 5) is 16.7. The lowest BCUT2D eigenvalue weighted by molar-refractivity contribution is 1.27. The fourth-order valence-electron chi connectivity index (χ4n) is 2.29. The summed E-state index contributed by atoms with van der Waals surface area (Å²) in [5.41, 5.74) is 4.61. The molecule has 0 fully saturated rings. The van der Waals surface area contributed by atoms with E-state index in [1.165, 1.54) is 0 Å². The molecule has 0 aliphatic carbocycles. The van der Waals surface area contributed by atoms with Crippen LogP contribution in [0.5, 0.6) is 0 Å². The number of H-pyrrole nitrogens is 1. The van der Waals surface area contributed by atoms with Crippen LogP contribution in [0.25, 0.3) is 33.5 Å². The van der Waals surface area contributed by atoms with E-state index in [4.69, 9.17) is 0 Å². The van der Waals surface area contributed by atoms with E-state index in [1.54, 1.807) is 12.4 Å². The van der Waals surface area contributed by atoms with Crippen molar-refractivity contribution in [2.45, 2.75) is 0 Å². The van der Waals surface area contributed by atoms with Crippen LogP contribution in [0.3, 0.4) is 0 Å². The fraction of sp³-hybridized carbons (Fsp3) is 0. The first-order valence-electron chi connectivity index (χ1n) is 6.17. The van der Waals surface area contributed by atoms with Gasteiger partial charge in [-0.3, -0.25) is 9.97 Å². The Morgan fingerprint density at radius 1 is 0.950 bits per heavy atom. The van der Waals surface area contributed by atoms with Crippen molar-refractivity contribution in [1.82, 2.24) is 19.9 Å². The Balaban J connectivity index is 2.01. The van der Waals surface area contributed by atoms with Gasteiger partial charge in [-0.25, -0.2) is 4.98 Å². The summed E-state index contributed by atoms with van der Waals surface area (Å²) < 4.78 is 1.03. The highest BCUT2D eigenvalue weighted by atomic mass is 79.9. The summed E-state index contributed by atoms with van der Waals surface area (Å²) in [6.45, 7) is 0. The smallest absolute Gasteiger partial charge is 0.140 e. The van der Waals surface area contributed by atoms with Crippen LogP contribution in [0.2, 0.25) is 0 Å². The van der Waals surface area contributed by atoms with Crippen LogP contribution in [0, 0.1) is 0 Å². The fourth-order valence-corrected chi connectivity index (χ4v) is 2.65. The molecule has 0 saturated heterocycles. The topological polar surface area (TPSA) is 54.5 Å². The summed E-state index contributed by atoms with van der Waals surface area (Å²) in [7, 11) is 0. The van der Waals surface area contributed by atoms with Crippen LogP contribution in [0.4, 0.5) is 0 Å². The normalized spacial score (nSPS) is 11.2. The van der Waals surface area contributed by atoms with E-state index in [0.717, 1.165) is 37.9 Å². The lowest BCUT2D eigenvalue weighted by Crippen LogP contribution is -1.87. The molecule has 0 aliphatic heterocycles. The molecule has 0 saturated carbocycles. The molecule has 96 valence electrons. The number of nitrogens with zero attached hydrogens (tertiary/aromatic N) is 3. The first kappa shape index (κ1) is 11.5. The van der Waals surface area contributed by atoms with Gasteiger partial charge in [0.15, 0.2) is 0 Å². The van der Waals surface area contributed by atoms with Gasteiger partial charge in [0.1, 0.15) is 5.82 Å². The number of benzene rings is 2. The maximum Gasteiger partial charge on any atom is 0.140 e. The van der Waals surface area contributed by atoms with Gasteiger partial charge in [-0.1, -0.05) is 22.0 Å². The van der Waals surface area contributed by atoms with Crippen LogP contribution < -0.4 is 0 Å².